The third kappa shape index (κ3) is 6.01. The molecule has 31 heavy (non-hydrogen) atoms. The largest absolute Gasteiger partial charge is 0.506 e. The fourth-order valence-electron chi connectivity index (χ4n) is 3.38. The Bertz CT molecular complexity index is 1020. The van der Waals surface area contributed by atoms with Gasteiger partial charge in [0, 0.05) is 17.2 Å². The Labute approximate surface area is 188 Å². The lowest BCUT2D eigenvalue weighted by Gasteiger charge is -2.26. The zero-order valence-corrected chi connectivity index (χ0v) is 18.8. The molecule has 0 aliphatic heterocycles. The third-order valence-corrected chi connectivity index (χ3v) is 5.56. The quantitative estimate of drug-likeness (QED) is 0.382. The molecule has 0 aromatic heterocycles. The maximum Gasteiger partial charge on any atom is 0.320 e. The third-order valence-electron chi connectivity index (χ3n) is 5.26. The van der Waals surface area contributed by atoms with Crippen LogP contribution in [-0.4, -0.2) is 17.0 Å². The molecule has 3 rings (SSSR count). The van der Waals surface area contributed by atoms with Gasteiger partial charge in [-0.25, -0.2) is 9.79 Å². The smallest absolute Gasteiger partial charge is 0.320 e. The number of rotatable bonds is 3. The van der Waals surface area contributed by atoms with E-state index in [1.807, 2.05) is 32.9 Å². The van der Waals surface area contributed by atoms with Gasteiger partial charge in [0.05, 0.1) is 16.8 Å². The van der Waals surface area contributed by atoms with Crippen LogP contribution in [0.15, 0.2) is 59.2 Å². The van der Waals surface area contributed by atoms with Crippen molar-refractivity contribution in [2.75, 3.05) is 0 Å². The number of nitrogens with one attached hydrogen (secondary N) is 2. The number of nitrogens with zero attached hydrogens (tertiary/aromatic N) is 1. The summed E-state index contributed by atoms with van der Waals surface area (Å²) >= 11 is 6.00. The molecule has 1 unspecified atom stereocenters. The second-order valence-electron chi connectivity index (χ2n) is 8.72. The SMILES string of the molecule is CC(C)(C)/C(N)=C/C(=Nc1ccc(O)c(Cl)c1)NC(=O)NC1CCCc2ccccc21. The Balaban J connectivity index is 1.84. The second kappa shape index (κ2) is 9.43. The number of aryl methyl sites for hydroxylation is 1. The Hall–Kier alpha value is -2.99. The summed E-state index contributed by atoms with van der Waals surface area (Å²) < 4.78 is 0. The van der Waals surface area contributed by atoms with Gasteiger partial charge in [0.25, 0.3) is 0 Å². The van der Waals surface area contributed by atoms with E-state index in [0.29, 0.717) is 11.4 Å². The summed E-state index contributed by atoms with van der Waals surface area (Å²) in [5.74, 6) is 0.254. The molecule has 1 atom stereocenters. The highest BCUT2D eigenvalue weighted by atomic mass is 35.5. The molecule has 0 fully saturated rings. The van der Waals surface area contributed by atoms with E-state index in [9.17, 15) is 9.90 Å². The van der Waals surface area contributed by atoms with Crippen LogP contribution in [0.2, 0.25) is 5.02 Å². The monoisotopic (exact) mass is 440 g/mol. The number of hydrogen-bond donors (Lipinski definition) is 4. The standard InChI is InChI=1S/C24H29ClN4O2/c1-24(2,3)21(26)14-22(27-16-11-12-20(30)18(25)13-16)29-23(31)28-19-10-6-8-15-7-4-5-9-17(15)19/h4-5,7,9,11-14,19,30H,6,8,10,26H2,1-3H3,(H2,27,28,29,31)/b21-14-. The molecule has 0 spiro atoms. The van der Waals surface area contributed by atoms with E-state index in [1.54, 1.807) is 12.1 Å². The first-order valence-corrected chi connectivity index (χ1v) is 10.7. The Kier molecular flexibility index (Phi) is 6.91. The van der Waals surface area contributed by atoms with Gasteiger partial charge in [-0.2, -0.15) is 0 Å². The van der Waals surface area contributed by atoms with Crippen molar-refractivity contribution in [3.05, 3.63) is 70.4 Å². The van der Waals surface area contributed by atoms with Crippen LogP contribution in [0.3, 0.4) is 0 Å². The fourth-order valence-corrected chi connectivity index (χ4v) is 3.55. The number of phenols is 1. The van der Waals surface area contributed by atoms with E-state index in [1.165, 1.54) is 17.7 Å². The van der Waals surface area contributed by atoms with Crippen molar-refractivity contribution in [2.24, 2.45) is 16.1 Å². The van der Waals surface area contributed by atoms with Gasteiger partial charge in [0.1, 0.15) is 11.6 Å². The molecule has 2 amide bonds. The number of carbonyl (C=O) groups is 1. The van der Waals surface area contributed by atoms with Gasteiger partial charge in [-0.15, -0.1) is 0 Å². The highest BCUT2D eigenvalue weighted by Gasteiger charge is 2.22. The molecule has 2 aromatic rings. The molecule has 0 bridgehead atoms. The number of amides is 2. The lowest BCUT2D eigenvalue weighted by atomic mass is 9.88. The summed E-state index contributed by atoms with van der Waals surface area (Å²) in [6.07, 6.45) is 4.57. The summed E-state index contributed by atoms with van der Waals surface area (Å²) in [5, 5.41) is 15.7. The number of halogens is 1. The number of benzene rings is 2. The zero-order valence-electron chi connectivity index (χ0n) is 18.1. The minimum atomic E-state index is -0.358. The van der Waals surface area contributed by atoms with E-state index in [-0.39, 0.29) is 34.1 Å². The normalized spacial score (nSPS) is 17.1. The molecule has 1 aliphatic carbocycles. The number of carbonyl (C=O) groups excluding carboxylic acids is 1. The maximum atomic E-state index is 12.8. The highest BCUT2D eigenvalue weighted by Crippen LogP contribution is 2.30. The first kappa shape index (κ1) is 22.7. The summed E-state index contributed by atoms with van der Waals surface area (Å²) in [4.78, 5) is 17.3. The molecular weight excluding hydrogens is 412 g/mol. The molecule has 0 radical (unpaired) electrons. The lowest BCUT2D eigenvalue weighted by Crippen LogP contribution is -2.42. The van der Waals surface area contributed by atoms with Crippen molar-refractivity contribution in [2.45, 2.75) is 46.1 Å². The number of fused-ring (bicyclic) bond motifs is 1. The number of nitrogens with two attached hydrogens (primary N) is 1. The van der Waals surface area contributed by atoms with Crippen molar-refractivity contribution < 1.29 is 9.90 Å². The van der Waals surface area contributed by atoms with Crippen LogP contribution >= 0.6 is 11.6 Å². The first-order valence-electron chi connectivity index (χ1n) is 10.3. The molecule has 1 aliphatic rings. The minimum Gasteiger partial charge on any atom is -0.506 e. The van der Waals surface area contributed by atoms with Gasteiger partial charge in [-0.05, 0) is 48.6 Å². The molecular formula is C24H29ClN4O2. The van der Waals surface area contributed by atoms with Crippen LogP contribution in [0, 0.1) is 5.41 Å². The first-order chi connectivity index (χ1) is 14.6. The predicted octanol–water partition coefficient (Wildman–Crippen LogP) is 5.34. The number of phenolic OH excluding ortho intramolecular Hbond substituents is 1. The number of amidine groups is 1. The zero-order chi connectivity index (χ0) is 22.6. The molecule has 0 saturated carbocycles. The number of urea groups is 1. The summed E-state index contributed by atoms with van der Waals surface area (Å²) in [6, 6.07) is 12.4. The van der Waals surface area contributed by atoms with Gasteiger partial charge in [-0.1, -0.05) is 56.6 Å². The van der Waals surface area contributed by atoms with Gasteiger partial charge in [0.2, 0.25) is 0 Å². The molecule has 0 saturated heterocycles. The topological polar surface area (TPSA) is 99.7 Å². The molecule has 2 aromatic carbocycles. The molecule has 164 valence electrons. The van der Waals surface area contributed by atoms with Crippen molar-refractivity contribution in [1.29, 1.82) is 0 Å². The maximum absolute atomic E-state index is 12.8. The Morgan fingerprint density at radius 1 is 1.26 bits per heavy atom. The molecule has 0 heterocycles. The average Bonchev–Trinajstić information content (AvgIpc) is 2.70. The van der Waals surface area contributed by atoms with Crippen molar-refractivity contribution in [3.8, 4) is 5.75 Å². The predicted molar refractivity (Wildman–Crippen MR) is 126 cm³/mol. The van der Waals surface area contributed by atoms with Crippen LogP contribution < -0.4 is 16.4 Å². The fraction of sp³-hybridized carbons (Fsp3) is 0.333. The summed E-state index contributed by atoms with van der Waals surface area (Å²) in [5.41, 5.74) is 9.40. The van der Waals surface area contributed by atoms with Crippen LogP contribution in [0.5, 0.6) is 5.75 Å². The van der Waals surface area contributed by atoms with Gasteiger partial charge >= 0.3 is 6.03 Å². The number of allylic oxidation sites excluding steroid dienone is 1. The lowest BCUT2D eigenvalue weighted by molar-refractivity contribution is 0.240. The van der Waals surface area contributed by atoms with Crippen LogP contribution in [-0.2, 0) is 6.42 Å². The van der Waals surface area contributed by atoms with Crippen LogP contribution in [0.1, 0.15) is 50.8 Å². The highest BCUT2D eigenvalue weighted by molar-refractivity contribution is 6.32. The second-order valence-corrected chi connectivity index (χ2v) is 9.13. The Morgan fingerprint density at radius 2 is 2.00 bits per heavy atom. The Morgan fingerprint density at radius 3 is 2.71 bits per heavy atom. The van der Waals surface area contributed by atoms with E-state index in [2.05, 4.69) is 27.8 Å². The van der Waals surface area contributed by atoms with Crippen molar-refractivity contribution in [3.63, 3.8) is 0 Å². The molecule has 6 nitrogen and oxygen atoms in total. The van der Waals surface area contributed by atoms with E-state index >= 15 is 0 Å². The minimum absolute atomic E-state index is 0.0337. The van der Waals surface area contributed by atoms with E-state index in [0.717, 1.165) is 24.8 Å². The van der Waals surface area contributed by atoms with Crippen molar-refractivity contribution in [1.82, 2.24) is 10.6 Å². The van der Waals surface area contributed by atoms with Crippen LogP contribution in [0.25, 0.3) is 0 Å². The number of aromatic hydroxyl groups is 1. The van der Waals surface area contributed by atoms with Crippen molar-refractivity contribution >= 4 is 29.2 Å². The van der Waals surface area contributed by atoms with Gasteiger partial charge in [0.15, 0.2) is 0 Å². The number of hydrogen-bond acceptors (Lipinski definition) is 4. The average molecular weight is 441 g/mol. The van der Waals surface area contributed by atoms with Crippen LogP contribution in [0.4, 0.5) is 10.5 Å². The molecule has 7 heteroatoms. The summed E-state index contributed by atoms with van der Waals surface area (Å²) in [7, 11) is 0. The summed E-state index contributed by atoms with van der Waals surface area (Å²) in [6.45, 7) is 5.94. The van der Waals surface area contributed by atoms with E-state index < -0.39 is 0 Å². The van der Waals surface area contributed by atoms with E-state index in [4.69, 9.17) is 17.3 Å². The van der Waals surface area contributed by atoms with Gasteiger partial charge < -0.3 is 16.2 Å². The van der Waals surface area contributed by atoms with Gasteiger partial charge in [-0.3, -0.25) is 5.32 Å². The number of aliphatic imine (C=N–C) groups is 1. The molecule has 5 N–H and O–H groups in total.